The maximum absolute atomic E-state index is 12.5. The van der Waals surface area contributed by atoms with E-state index >= 15 is 0 Å². The third-order valence-electron chi connectivity index (χ3n) is 4.61. The largest absolute Gasteiger partial charge is 0.497 e. The highest BCUT2D eigenvalue weighted by molar-refractivity contribution is 9.11. The lowest BCUT2D eigenvalue weighted by molar-refractivity contribution is -0.112. The average molecular weight is 572 g/mol. The average Bonchev–Trinajstić information content (AvgIpc) is 2.82. The quantitative estimate of drug-likeness (QED) is 0.251. The summed E-state index contributed by atoms with van der Waals surface area (Å²) in [7, 11) is 3.10. The normalized spacial score (nSPS) is 10.8. The first-order valence-corrected chi connectivity index (χ1v) is 11.3. The van der Waals surface area contributed by atoms with Gasteiger partial charge in [-0.25, -0.2) is 0 Å². The zero-order chi connectivity index (χ0) is 23.8. The van der Waals surface area contributed by atoms with Gasteiger partial charge in [0.2, 0.25) is 0 Å². The highest BCUT2D eigenvalue weighted by Crippen LogP contribution is 2.31. The van der Waals surface area contributed by atoms with Gasteiger partial charge in [-0.05, 0) is 60.2 Å². The van der Waals surface area contributed by atoms with Gasteiger partial charge in [0, 0.05) is 20.2 Å². The van der Waals surface area contributed by atoms with E-state index in [-0.39, 0.29) is 5.57 Å². The van der Waals surface area contributed by atoms with Crippen molar-refractivity contribution in [3.63, 3.8) is 0 Å². The van der Waals surface area contributed by atoms with Crippen LogP contribution < -0.4 is 19.5 Å². The van der Waals surface area contributed by atoms with E-state index in [2.05, 4.69) is 37.2 Å². The molecule has 168 valence electrons. The van der Waals surface area contributed by atoms with E-state index in [0.717, 1.165) is 14.5 Å². The van der Waals surface area contributed by atoms with Crippen molar-refractivity contribution in [2.75, 3.05) is 19.5 Å². The van der Waals surface area contributed by atoms with Crippen molar-refractivity contribution in [2.45, 2.75) is 6.61 Å². The van der Waals surface area contributed by atoms with Crippen LogP contribution in [0.4, 0.5) is 5.69 Å². The number of benzene rings is 3. The monoisotopic (exact) mass is 570 g/mol. The minimum absolute atomic E-state index is 0.0414. The van der Waals surface area contributed by atoms with E-state index in [0.29, 0.717) is 35.1 Å². The summed E-state index contributed by atoms with van der Waals surface area (Å²) < 4.78 is 18.4. The third-order valence-corrected chi connectivity index (χ3v) is 5.84. The van der Waals surface area contributed by atoms with Crippen molar-refractivity contribution in [2.24, 2.45) is 0 Å². The number of nitrogens with zero attached hydrogens (tertiary/aromatic N) is 1. The molecule has 3 aromatic carbocycles. The van der Waals surface area contributed by atoms with E-state index in [1.807, 2.05) is 24.3 Å². The van der Waals surface area contributed by atoms with Gasteiger partial charge in [-0.2, -0.15) is 5.26 Å². The molecule has 0 radical (unpaired) electrons. The standard InChI is InChI=1S/C25H20Br2N2O4/c1-31-21-8-6-20(7-9-21)29-25(30)18(14-28)11-16-3-10-23(24(12-16)32-2)33-15-17-4-5-19(26)13-22(17)27/h3-13H,15H2,1-2H3,(H,29,30)/b18-11-. The number of halogens is 2. The molecule has 0 heterocycles. The van der Waals surface area contributed by atoms with E-state index < -0.39 is 5.91 Å². The number of anilines is 1. The van der Waals surface area contributed by atoms with Gasteiger partial charge in [0.1, 0.15) is 24.0 Å². The minimum Gasteiger partial charge on any atom is -0.497 e. The van der Waals surface area contributed by atoms with Gasteiger partial charge in [0.25, 0.3) is 5.91 Å². The van der Waals surface area contributed by atoms with Crippen molar-refractivity contribution >= 4 is 49.5 Å². The summed E-state index contributed by atoms with van der Waals surface area (Å²) in [6.45, 7) is 0.340. The van der Waals surface area contributed by atoms with Crippen LogP contribution in [0.5, 0.6) is 17.2 Å². The number of nitriles is 1. The summed E-state index contributed by atoms with van der Waals surface area (Å²) in [5.74, 6) is 1.20. The van der Waals surface area contributed by atoms with Crippen LogP contribution in [-0.4, -0.2) is 20.1 Å². The first kappa shape index (κ1) is 24.4. The van der Waals surface area contributed by atoms with E-state index in [1.54, 1.807) is 49.6 Å². The molecule has 6 nitrogen and oxygen atoms in total. The second-order valence-electron chi connectivity index (χ2n) is 6.79. The molecule has 0 unspecified atom stereocenters. The van der Waals surface area contributed by atoms with Crippen molar-refractivity contribution in [3.8, 4) is 23.3 Å². The van der Waals surface area contributed by atoms with Crippen LogP contribution in [0.3, 0.4) is 0 Å². The van der Waals surface area contributed by atoms with Gasteiger partial charge in [0.15, 0.2) is 11.5 Å². The fourth-order valence-corrected chi connectivity index (χ4v) is 4.04. The zero-order valence-corrected chi connectivity index (χ0v) is 21.1. The molecular weight excluding hydrogens is 552 g/mol. The second-order valence-corrected chi connectivity index (χ2v) is 8.56. The van der Waals surface area contributed by atoms with Gasteiger partial charge < -0.3 is 19.5 Å². The van der Waals surface area contributed by atoms with Crippen LogP contribution >= 0.6 is 31.9 Å². The number of hydrogen-bond donors (Lipinski definition) is 1. The molecule has 0 aliphatic heterocycles. The topological polar surface area (TPSA) is 80.6 Å². The lowest BCUT2D eigenvalue weighted by Gasteiger charge is -2.12. The van der Waals surface area contributed by atoms with Gasteiger partial charge in [0.05, 0.1) is 14.2 Å². The van der Waals surface area contributed by atoms with Crippen LogP contribution in [-0.2, 0) is 11.4 Å². The highest BCUT2D eigenvalue weighted by Gasteiger charge is 2.12. The molecular formula is C25H20Br2N2O4. The van der Waals surface area contributed by atoms with Gasteiger partial charge in [-0.3, -0.25) is 4.79 Å². The number of carbonyl (C=O) groups excluding carboxylic acids is 1. The molecule has 0 atom stereocenters. The van der Waals surface area contributed by atoms with E-state index in [1.165, 1.54) is 13.2 Å². The molecule has 0 spiro atoms. The fraction of sp³-hybridized carbons (Fsp3) is 0.120. The Kier molecular flexibility index (Phi) is 8.52. The van der Waals surface area contributed by atoms with Gasteiger partial charge in [-0.15, -0.1) is 0 Å². The van der Waals surface area contributed by atoms with Crippen molar-refractivity contribution < 1.29 is 19.0 Å². The molecule has 0 saturated carbocycles. The Bertz CT molecular complexity index is 1220. The predicted molar refractivity (Wildman–Crippen MR) is 134 cm³/mol. The van der Waals surface area contributed by atoms with Crippen molar-refractivity contribution in [3.05, 3.63) is 86.3 Å². The molecule has 0 aliphatic carbocycles. The summed E-state index contributed by atoms with van der Waals surface area (Å²) in [5, 5.41) is 12.2. The summed E-state index contributed by atoms with van der Waals surface area (Å²) in [6, 6.07) is 19.8. The maximum atomic E-state index is 12.5. The molecule has 33 heavy (non-hydrogen) atoms. The van der Waals surface area contributed by atoms with Crippen LogP contribution in [0.25, 0.3) is 6.08 Å². The van der Waals surface area contributed by atoms with Crippen LogP contribution in [0, 0.1) is 11.3 Å². The molecule has 8 heteroatoms. The summed E-state index contributed by atoms with van der Waals surface area (Å²) in [5.41, 5.74) is 2.12. The SMILES string of the molecule is COc1ccc(NC(=O)/C(C#N)=C\c2ccc(OCc3ccc(Br)cc3Br)c(OC)c2)cc1. The number of ether oxygens (including phenoxy) is 3. The molecule has 0 aliphatic rings. The Morgan fingerprint density at radius 3 is 2.39 bits per heavy atom. The lowest BCUT2D eigenvalue weighted by atomic mass is 10.1. The molecule has 3 aromatic rings. The van der Waals surface area contributed by atoms with Gasteiger partial charge >= 0.3 is 0 Å². The van der Waals surface area contributed by atoms with Crippen LogP contribution in [0.2, 0.25) is 0 Å². The summed E-state index contributed by atoms with van der Waals surface area (Å²) in [4.78, 5) is 12.5. The Labute approximate surface area is 209 Å². The van der Waals surface area contributed by atoms with Crippen LogP contribution in [0.1, 0.15) is 11.1 Å². The molecule has 1 N–H and O–H groups in total. The number of methoxy groups -OCH3 is 2. The number of amides is 1. The highest BCUT2D eigenvalue weighted by atomic mass is 79.9. The number of nitrogens with one attached hydrogen (secondary N) is 1. The second kappa shape index (κ2) is 11.5. The smallest absolute Gasteiger partial charge is 0.266 e. The third kappa shape index (κ3) is 6.60. The minimum atomic E-state index is -0.512. The molecule has 0 bridgehead atoms. The first-order valence-electron chi connectivity index (χ1n) is 9.75. The van der Waals surface area contributed by atoms with Crippen LogP contribution in [0.15, 0.2) is 75.2 Å². The Hall–Kier alpha value is -3.28. The molecule has 3 rings (SSSR count). The lowest BCUT2D eigenvalue weighted by Crippen LogP contribution is -2.13. The zero-order valence-electron chi connectivity index (χ0n) is 17.9. The van der Waals surface area contributed by atoms with E-state index in [9.17, 15) is 10.1 Å². The summed E-state index contributed by atoms with van der Waals surface area (Å²) >= 11 is 6.95. The number of hydrogen-bond acceptors (Lipinski definition) is 5. The molecule has 0 saturated heterocycles. The van der Waals surface area contributed by atoms with Crippen molar-refractivity contribution in [1.82, 2.24) is 0 Å². The first-order chi connectivity index (χ1) is 15.9. The van der Waals surface area contributed by atoms with Gasteiger partial charge in [-0.1, -0.05) is 44.0 Å². The molecule has 0 aromatic heterocycles. The fourth-order valence-electron chi connectivity index (χ4n) is 2.88. The van der Waals surface area contributed by atoms with E-state index in [4.69, 9.17) is 14.2 Å². The Balaban J connectivity index is 1.74. The molecule has 1 amide bonds. The number of rotatable bonds is 8. The number of carbonyl (C=O) groups is 1. The Morgan fingerprint density at radius 1 is 1.00 bits per heavy atom. The maximum Gasteiger partial charge on any atom is 0.266 e. The Morgan fingerprint density at radius 2 is 1.76 bits per heavy atom. The molecule has 0 fully saturated rings. The predicted octanol–water partition coefficient (Wildman–Crippen LogP) is 6.35. The summed E-state index contributed by atoms with van der Waals surface area (Å²) in [6.07, 6.45) is 1.50. The van der Waals surface area contributed by atoms with Crippen molar-refractivity contribution in [1.29, 1.82) is 5.26 Å².